The van der Waals surface area contributed by atoms with Crippen LogP contribution < -0.4 is 15.3 Å². The van der Waals surface area contributed by atoms with Gasteiger partial charge in [-0.15, -0.1) is 0 Å². The molecule has 1 aromatic rings. The van der Waals surface area contributed by atoms with Gasteiger partial charge in [0.2, 0.25) is 0 Å². The van der Waals surface area contributed by atoms with E-state index in [2.05, 4.69) is 5.32 Å². The number of nitrogens with one attached hydrogen (secondary N) is 2. The van der Waals surface area contributed by atoms with Crippen molar-refractivity contribution in [1.82, 2.24) is 0 Å². The quantitative estimate of drug-likeness (QED) is 0.769. The standard InChI is InChI=1S/C16H22N2O3/c1-11-4-3-5-12(2)15(11)17-14(19)10-18-8-6-13(7-9-18)16(20)21/h3-5,13H,6-10H2,1-2H3,(H,17,19)(H,20,21). The first kappa shape index (κ1) is 15.5. The van der Waals surface area contributed by atoms with Crippen molar-refractivity contribution in [3.8, 4) is 0 Å². The number of amides is 1. The molecular weight excluding hydrogens is 268 g/mol. The summed E-state index contributed by atoms with van der Waals surface area (Å²) in [5.74, 6) is -1.33. The molecule has 0 aromatic heterocycles. The van der Waals surface area contributed by atoms with Gasteiger partial charge in [0, 0.05) is 30.4 Å². The highest BCUT2D eigenvalue weighted by Gasteiger charge is 2.24. The van der Waals surface area contributed by atoms with Gasteiger partial charge in [-0.05, 0) is 25.0 Å². The zero-order valence-electron chi connectivity index (χ0n) is 12.6. The number of aliphatic carboxylic acids is 1. The van der Waals surface area contributed by atoms with Crippen LogP contribution in [0.5, 0.6) is 0 Å². The number of para-hydroxylation sites is 1. The molecule has 1 heterocycles. The Labute approximate surface area is 125 Å². The maximum Gasteiger partial charge on any atom is 0.279 e. The van der Waals surface area contributed by atoms with E-state index in [9.17, 15) is 14.7 Å². The summed E-state index contributed by atoms with van der Waals surface area (Å²) in [5, 5.41) is 13.8. The number of benzene rings is 1. The van der Waals surface area contributed by atoms with Crippen LogP contribution in [0.25, 0.3) is 0 Å². The van der Waals surface area contributed by atoms with Crippen LogP contribution in [0.3, 0.4) is 0 Å². The van der Waals surface area contributed by atoms with Crippen molar-refractivity contribution in [3.63, 3.8) is 0 Å². The lowest BCUT2D eigenvalue weighted by Crippen LogP contribution is -3.14. The number of carbonyl (C=O) groups excluding carboxylic acids is 2. The molecule has 1 amide bonds. The second-order valence-corrected chi connectivity index (χ2v) is 5.84. The van der Waals surface area contributed by atoms with Crippen molar-refractivity contribution in [2.24, 2.45) is 5.92 Å². The molecule has 114 valence electrons. The van der Waals surface area contributed by atoms with E-state index in [1.165, 1.54) is 0 Å². The number of aryl methyl sites for hydroxylation is 2. The highest BCUT2D eigenvalue weighted by atomic mass is 16.4. The molecule has 1 aliphatic rings. The summed E-state index contributed by atoms with van der Waals surface area (Å²) < 4.78 is 0. The van der Waals surface area contributed by atoms with Gasteiger partial charge in [-0.2, -0.15) is 0 Å². The Kier molecular flexibility index (Phi) is 4.96. The molecule has 5 heteroatoms. The normalized spacial score (nSPS) is 21.8. The number of hydrogen-bond donors (Lipinski definition) is 2. The van der Waals surface area contributed by atoms with Crippen molar-refractivity contribution >= 4 is 17.6 Å². The van der Waals surface area contributed by atoms with Gasteiger partial charge in [0.05, 0.1) is 13.1 Å². The molecule has 0 bridgehead atoms. The maximum absolute atomic E-state index is 12.1. The van der Waals surface area contributed by atoms with Crippen LogP contribution in [-0.4, -0.2) is 31.5 Å². The fourth-order valence-electron chi connectivity index (χ4n) is 2.86. The molecule has 0 atom stereocenters. The number of quaternary nitrogens is 1. The first-order valence-electron chi connectivity index (χ1n) is 7.38. The summed E-state index contributed by atoms with van der Waals surface area (Å²) in [4.78, 5) is 24.1. The lowest BCUT2D eigenvalue weighted by molar-refractivity contribution is -0.897. The summed E-state index contributed by atoms with van der Waals surface area (Å²) in [7, 11) is 0. The summed E-state index contributed by atoms with van der Waals surface area (Å²) >= 11 is 0. The fraction of sp³-hybridized carbons (Fsp3) is 0.500. The Balaban J connectivity index is 1.87. The summed E-state index contributed by atoms with van der Waals surface area (Å²) in [5.41, 5.74) is 2.98. The predicted molar refractivity (Wildman–Crippen MR) is 77.8 cm³/mol. The van der Waals surface area contributed by atoms with Gasteiger partial charge in [0.15, 0.2) is 6.54 Å². The maximum atomic E-state index is 12.1. The smallest absolute Gasteiger partial charge is 0.279 e. The van der Waals surface area contributed by atoms with Crippen LogP contribution in [-0.2, 0) is 9.59 Å². The molecule has 0 unspecified atom stereocenters. The first-order chi connectivity index (χ1) is 9.97. The minimum absolute atomic E-state index is 0.0192. The lowest BCUT2D eigenvalue weighted by Gasteiger charge is -2.29. The average Bonchev–Trinajstić information content (AvgIpc) is 2.43. The lowest BCUT2D eigenvalue weighted by atomic mass is 9.97. The van der Waals surface area contributed by atoms with E-state index in [-0.39, 0.29) is 11.8 Å². The first-order valence-corrected chi connectivity index (χ1v) is 7.38. The fourth-order valence-corrected chi connectivity index (χ4v) is 2.86. The molecule has 1 saturated heterocycles. The zero-order valence-corrected chi connectivity index (χ0v) is 12.6. The monoisotopic (exact) mass is 290 g/mol. The molecule has 1 aromatic carbocycles. The number of anilines is 1. The van der Waals surface area contributed by atoms with Crippen molar-refractivity contribution in [2.75, 3.05) is 25.0 Å². The molecule has 5 nitrogen and oxygen atoms in total. The van der Waals surface area contributed by atoms with Crippen LogP contribution in [0.15, 0.2) is 18.2 Å². The van der Waals surface area contributed by atoms with Crippen LogP contribution in [0, 0.1) is 19.8 Å². The van der Waals surface area contributed by atoms with Gasteiger partial charge in [-0.3, -0.25) is 4.79 Å². The second kappa shape index (κ2) is 6.72. The van der Waals surface area contributed by atoms with Gasteiger partial charge in [0.25, 0.3) is 5.91 Å². The van der Waals surface area contributed by atoms with E-state index in [1.807, 2.05) is 32.0 Å². The third-order valence-corrected chi connectivity index (χ3v) is 4.18. The molecule has 0 radical (unpaired) electrons. The highest BCUT2D eigenvalue weighted by molar-refractivity contribution is 5.93. The Morgan fingerprint density at radius 3 is 2.33 bits per heavy atom. The van der Waals surface area contributed by atoms with Crippen molar-refractivity contribution < 1.29 is 19.6 Å². The van der Waals surface area contributed by atoms with Crippen molar-refractivity contribution in [2.45, 2.75) is 26.7 Å². The molecule has 2 rings (SSSR count). The third kappa shape index (κ3) is 4.04. The van der Waals surface area contributed by atoms with E-state index < -0.39 is 5.97 Å². The van der Waals surface area contributed by atoms with Crippen molar-refractivity contribution in [3.05, 3.63) is 29.3 Å². The number of piperidine rings is 1. The van der Waals surface area contributed by atoms with E-state index >= 15 is 0 Å². The Morgan fingerprint density at radius 1 is 1.24 bits per heavy atom. The summed E-state index contributed by atoms with van der Waals surface area (Å²) in [6, 6.07) is 5.91. The number of likely N-dealkylation sites (tertiary alicyclic amines) is 1. The van der Waals surface area contributed by atoms with E-state index in [0.29, 0.717) is 32.5 Å². The molecule has 0 saturated carbocycles. The van der Waals surface area contributed by atoms with E-state index in [0.717, 1.165) is 21.7 Å². The van der Waals surface area contributed by atoms with Crippen LogP contribution in [0.1, 0.15) is 24.0 Å². The van der Waals surface area contributed by atoms with Gasteiger partial charge in [0.1, 0.15) is 0 Å². The molecule has 0 spiro atoms. The number of rotatable bonds is 4. The summed E-state index contributed by atoms with van der Waals surface area (Å²) in [6.07, 6.45) is 1.18. The van der Waals surface area contributed by atoms with Gasteiger partial charge < -0.3 is 20.1 Å². The van der Waals surface area contributed by atoms with Crippen LogP contribution >= 0.6 is 0 Å². The average molecular weight is 290 g/mol. The molecule has 2 N–H and O–H groups in total. The molecule has 1 fully saturated rings. The molecule has 1 aliphatic heterocycles. The Bertz CT molecular complexity index is 514. The van der Waals surface area contributed by atoms with Gasteiger partial charge in [-0.1, -0.05) is 18.2 Å². The minimum atomic E-state index is -0.964. The topological polar surface area (TPSA) is 73.7 Å². The molecular formula is C16H22N2O3. The Hall–Kier alpha value is -1.88. The second-order valence-electron chi connectivity index (χ2n) is 5.84. The molecule has 21 heavy (non-hydrogen) atoms. The SMILES string of the molecule is Cc1cccc(C)c1NC(=O)C[NH+]1CCC(C(=O)[O-])CC1. The third-order valence-electron chi connectivity index (χ3n) is 4.18. The zero-order chi connectivity index (χ0) is 15.4. The van der Waals surface area contributed by atoms with E-state index in [1.54, 1.807) is 0 Å². The number of hydrogen-bond acceptors (Lipinski definition) is 3. The predicted octanol–water partition coefficient (Wildman–Crippen LogP) is -0.713. The number of carbonyl (C=O) groups is 2. The van der Waals surface area contributed by atoms with Crippen LogP contribution in [0.4, 0.5) is 5.69 Å². The van der Waals surface area contributed by atoms with Gasteiger partial charge in [-0.25, -0.2) is 0 Å². The van der Waals surface area contributed by atoms with Crippen molar-refractivity contribution in [1.29, 1.82) is 0 Å². The Morgan fingerprint density at radius 2 is 1.81 bits per heavy atom. The minimum Gasteiger partial charge on any atom is -0.550 e. The highest BCUT2D eigenvalue weighted by Crippen LogP contribution is 2.18. The summed E-state index contributed by atoms with van der Waals surface area (Å²) in [6.45, 7) is 5.74. The molecule has 0 aliphatic carbocycles. The van der Waals surface area contributed by atoms with Gasteiger partial charge >= 0.3 is 0 Å². The largest absolute Gasteiger partial charge is 0.550 e. The number of carboxylic acid groups (broad SMARTS) is 1. The number of carboxylic acids is 1. The van der Waals surface area contributed by atoms with Crippen LogP contribution in [0.2, 0.25) is 0 Å². The van der Waals surface area contributed by atoms with E-state index in [4.69, 9.17) is 0 Å².